The third kappa shape index (κ3) is 2.68. The summed E-state index contributed by atoms with van der Waals surface area (Å²) >= 11 is 0. The molecule has 2 heterocycles. The first kappa shape index (κ1) is 12.1. The fourth-order valence-corrected chi connectivity index (χ4v) is 2.48. The van der Waals surface area contributed by atoms with Crippen LogP contribution in [0.5, 0.6) is 0 Å². The Hall–Kier alpha value is -1.32. The molecule has 0 aliphatic carbocycles. The monoisotopic (exact) mass is 234 g/mol. The molecular weight excluding hydrogens is 212 g/mol. The van der Waals surface area contributed by atoms with E-state index in [0.717, 1.165) is 24.1 Å². The lowest BCUT2D eigenvalue weighted by molar-refractivity contribution is 0.357. The van der Waals surface area contributed by atoms with E-state index in [0.29, 0.717) is 6.04 Å². The van der Waals surface area contributed by atoms with Gasteiger partial charge in [-0.1, -0.05) is 13.3 Å². The lowest BCUT2D eigenvalue weighted by Gasteiger charge is -2.38. The second kappa shape index (κ2) is 5.34. The molecule has 4 heteroatoms. The lowest BCUT2D eigenvalue weighted by atomic mass is 9.91. The van der Waals surface area contributed by atoms with E-state index in [1.54, 1.807) is 6.33 Å². The Balaban J connectivity index is 2.18. The highest BCUT2D eigenvalue weighted by Gasteiger charge is 2.25. The minimum absolute atomic E-state index is 0.581. The van der Waals surface area contributed by atoms with Crippen LogP contribution in [0.1, 0.15) is 33.1 Å². The van der Waals surface area contributed by atoms with Gasteiger partial charge in [0.25, 0.3) is 0 Å². The molecule has 4 nitrogen and oxygen atoms in total. The molecular formula is C13H22N4. The molecule has 94 valence electrons. The van der Waals surface area contributed by atoms with E-state index in [2.05, 4.69) is 34.0 Å². The summed E-state index contributed by atoms with van der Waals surface area (Å²) in [6, 6.07) is 2.62. The molecule has 0 spiro atoms. The van der Waals surface area contributed by atoms with Gasteiger partial charge in [0, 0.05) is 25.7 Å². The molecule has 1 aliphatic heterocycles. The molecule has 2 unspecified atom stereocenters. The second-order valence-electron chi connectivity index (χ2n) is 4.86. The van der Waals surface area contributed by atoms with Crippen LogP contribution in [0.3, 0.4) is 0 Å². The summed E-state index contributed by atoms with van der Waals surface area (Å²) < 4.78 is 0. The van der Waals surface area contributed by atoms with E-state index in [-0.39, 0.29) is 0 Å². The molecule has 0 aromatic carbocycles. The molecule has 1 N–H and O–H groups in total. The maximum Gasteiger partial charge on any atom is 0.134 e. The van der Waals surface area contributed by atoms with Crippen molar-refractivity contribution in [3.05, 3.63) is 12.4 Å². The Kier molecular flexibility index (Phi) is 3.82. The third-order valence-corrected chi connectivity index (χ3v) is 3.76. The maximum atomic E-state index is 4.40. The van der Waals surface area contributed by atoms with Gasteiger partial charge in [-0.15, -0.1) is 0 Å². The third-order valence-electron chi connectivity index (χ3n) is 3.76. The highest BCUT2D eigenvalue weighted by Crippen LogP contribution is 2.28. The van der Waals surface area contributed by atoms with Crippen molar-refractivity contribution < 1.29 is 0 Å². The van der Waals surface area contributed by atoms with Crippen LogP contribution in [0.25, 0.3) is 0 Å². The van der Waals surface area contributed by atoms with Crippen molar-refractivity contribution >= 4 is 11.6 Å². The van der Waals surface area contributed by atoms with Gasteiger partial charge in [-0.05, 0) is 25.7 Å². The summed E-state index contributed by atoms with van der Waals surface area (Å²) in [5, 5.41) is 3.07. The van der Waals surface area contributed by atoms with Crippen molar-refractivity contribution in [3.63, 3.8) is 0 Å². The molecule has 1 aliphatic rings. The van der Waals surface area contributed by atoms with Crippen LogP contribution in [0.4, 0.5) is 11.6 Å². The van der Waals surface area contributed by atoms with Crippen molar-refractivity contribution in [2.75, 3.05) is 23.8 Å². The lowest BCUT2D eigenvalue weighted by Crippen LogP contribution is -2.42. The van der Waals surface area contributed by atoms with Gasteiger partial charge in [-0.2, -0.15) is 0 Å². The second-order valence-corrected chi connectivity index (χ2v) is 4.86. The Bertz CT molecular complexity index is 366. The smallest absolute Gasteiger partial charge is 0.134 e. The zero-order valence-electron chi connectivity index (χ0n) is 11.0. The van der Waals surface area contributed by atoms with Crippen LogP contribution in [-0.2, 0) is 0 Å². The van der Waals surface area contributed by atoms with Crippen molar-refractivity contribution in [1.29, 1.82) is 0 Å². The minimum Gasteiger partial charge on any atom is -0.373 e. The average Bonchev–Trinajstić information content (AvgIpc) is 2.39. The van der Waals surface area contributed by atoms with Gasteiger partial charge in [-0.3, -0.25) is 0 Å². The van der Waals surface area contributed by atoms with Crippen LogP contribution in [0.2, 0.25) is 0 Å². The molecule has 1 aromatic heterocycles. The van der Waals surface area contributed by atoms with Gasteiger partial charge in [-0.25, -0.2) is 9.97 Å². The van der Waals surface area contributed by atoms with E-state index in [9.17, 15) is 0 Å². The summed E-state index contributed by atoms with van der Waals surface area (Å²) in [4.78, 5) is 11.0. The zero-order valence-corrected chi connectivity index (χ0v) is 11.0. The van der Waals surface area contributed by atoms with E-state index in [1.807, 2.05) is 13.1 Å². The number of nitrogens with zero attached hydrogens (tertiary/aromatic N) is 3. The maximum absolute atomic E-state index is 4.40. The molecule has 2 rings (SSSR count). The predicted octanol–water partition coefficient (Wildman–Crippen LogP) is 2.53. The molecule has 0 amide bonds. The van der Waals surface area contributed by atoms with Crippen LogP contribution >= 0.6 is 0 Å². The summed E-state index contributed by atoms with van der Waals surface area (Å²) in [7, 11) is 1.89. The first-order valence-corrected chi connectivity index (χ1v) is 6.51. The normalized spacial score (nSPS) is 24.8. The molecule has 0 radical (unpaired) electrons. The van der Waals surface area contributed by atoms with Crippen LogP contribution < -0.4 is 10.2 Å². The number of nitrogens with one attached hydrogen (secondary N) is 1. The number of aromatic nitrogens is 2. The van der Waals surface area contributed by atoms with E-state index in [1.165, 1.54) is 19.3 Å². The first-order chi connectivity index (χ1) is 8.24. The Morgan fingerprint density at radius 2 is 2.24 bits per heavy atom. The van der Waals surface area contributed by atoms with E-state index < -0.39 is 0 Å². The molecule has 1 saturated heterocycles. The largest absolute Gasteiger partial charge is 0.373 e. The number of hydrogen-bond acceptors (Lipinski definition) is 4. The van der Waals surface area contributed by atoms with Gasteiger partial charge in [0.15, 0.2) is 0 Å². The van der Waals surface area contributed by atoms with Crippen LogP contribution in [0.15, 0.2) is 12.4 Å². The number of rotatable bonds is 3. The van der Waals surface area contributed by atoms with E-state index >= 15 is 0 Å². The molecule has 1 aromatic rings. The van der Waals surface area contributed by atoms with Gasteiger partial charge in [0.2, 0.25) is 0 Å². The van der Waals surface area contributed by atoms with Gasteiger partial charge in [0.05, 0.1) is 0 Å². The predicted molar refractivity (Wildman–Crippen MR) is 71.4 cm³/mol. The summed E-state index contributed by atoms with van der Waals surface area (Å²) in [5.74, 6) is 2.75. The quantitative estimate of drug-likeness (QED) is 0.872. The summed E-state index contributed by atoms with van der Waals surface area (Å²) in [6.07, 6.45) is 5.51. The van der Waals surface area contributed by atoms with Gasteiger partial charge < -0.3 is 10.2 Å². The molecule has 1 fully saturated rings. The van der Waals surface area contributed by atoms with Gasteiger partial charge >= 0.3 is 0 Å². The Labute approximate surface area is 103 Å². The fourth-order valence-electron chi connectivity index (χ4n) is 2.48. The highest BCUT2D eigenvalue weighted by atomic mass is 15.2. The minimum atomic E-state index is 0.581. The van der Waals surface area contributed by atoms with Crippen molar-refractivity contribution in [2.45, 2.75) is 39.2 Å². The molecule has 17 heavy (non-hydrogen) atoms. The SMILES string of the molecule is CCC1CCC(C)N(c2cc(NC)ncn2)C1. The molecule has 0 bridgehead atoms. The van der Waals surface area contributed by atoms with Crippen molar-refractivity contribution in [1.82, 2.24) is 9.97 Å². The standard InChI is InChI=1S/C13H22N4/c1-4-11-6-5-10(2)17(8-11)13-7-12(14-3)15-9-16-13/h7,9-11H,4-6,8H2,1-3H3,(H,14,15,16). The zero-order chi connectivity index (χ0) is 12.3. The number of hydrogen-bond donors (Lipinski definition) is 1. The fraction of sp³-hybridized carbons (Fsp3) is 0.692. The Morgan fingerprint density at radius 3 is 2.94 bits per heavy atom. The molecule has 0 saturated carbocycles. The highest BCUT2D eigenvalue weighted by molar-refractivity contribution is 5.49. The van der Waals surface area contributed by atoms with Crippen LogP contribution in [0, 0.1) is 5.92 Å². The summed E-state index contributed by atoms with van der Waals surface area (Å²) in [5.41, 5.74) is 0. The Morgan fingerprint density at radius 1 is 1.41 bits per heavy atom. The topological polar surface area (TPSA) is 41.0 Å². The number of anilines is 2. The van der Waals surface area contributed by atoms with Gasteiger partial charge in [0.1, 0.15) is 18.0 Å². The van der Waals surface area contributed by atoms with E-state index in [4.69, 9.17) is 0 Å². The number of piperidine rings is 1. The van der Waals surface area contributed by atoms with Crippen molar-refractivity contribution in [3.8, 4) is 0 Å². The summed E-state index contributed by atoms with van der Waals surface area (Å²) in [6.45, 7) is 5.68. The van der Waals surface area contributed by atoms with Crippen LogP contribution in [-0.4, -0.2) is 29.6 Å². The van der Waals surface area contributed by atoms with Crippen molar-refractivity contribution in [2.24, 2.45) is 5.92 Å². The molecule has 2 atom stereocenters. The first-order valence-electron chi connectivity index (χ1n) is 6.51. The average molecular weight is 234 g/mol.